The maximum Gasteiger partial charge on any atom is 0.309 e. The second-order valence-corrected chi connectivity index (χ2v) is 8.60. The first-order valence-corrected chi connectivity index (χ1v) is 11.6. The van der Waals surface area contributed by atoms with Crippen LogP contribution in [0.1, 0.15) is 6.92 Å². The predicted octanol–water partition coefficient (Wildman–Crippen LogP) is 5.08. The molecule has 7 nitrogen and oxygen atoms in total. The highest BCUT2D eigenvalue weighted by molar-refractivity contribution is 8.17. The van der Waals surface area contributed by atoms with E-state index in [-0.39, 0.29) is 11.1 Å². The normalized spacial score (nSPS) is 17.9. The fourth-order valence-electron chi connectivity index (χ4n) is 3.62. The number of para-hydroxylation sites is 3. The molecule has 0 atom stereocenters. The van der Waals surface area contributed by atoms with E-state index in [2.05, 4.69) is 5.10 Å². The van der Waals surface area contributed by atoms with Gasteiger partial charge in [0.1, 0.15) is 10.7 Å². The summed E-state index contributed by atoms with van der Waals surface area (Å²) in [5.74, 6) is -0.799. The highest BCUT2D eigenvalue weighted by Gasteiger charge is 2.45. The molecule has 0 radical (unpaired) electrons. The molecule has 1 amide bonds. The van der Waals surface area contributed by atoms with Gasteiger partial charge in [0, 0.05) is 12.6 Å². The van der Waals surface area contributed by atoms with Crippen molar-refractivity contribution in [3.8, 4) is 0 Å². The van der Waals surface area contributed by atoms with E-state index < -0.39 is 5.97 Å². The Hall–Kier alpha value is -3.95. The van der Waals surface area contributed by atoms with E-state index in [1.165, 1.54) is 11.8 Å². The number of carbonyl (C=O) groups excluding carboxylic acids is 2. The van der Waals surface area contributed by atoms with E-state index >= 15 is 0 Å². The Bertz CT molecular complexity index is 1330. The van der Waals surface area contributed by atoms with Gasteiger partial charge in [0.15, 0.2) is 5.11 Å². The monoisotopic (exact) mass is 486 g/mol. The van der Waals surface area contributed by atoms with Crippen molar-refractivity contribution in [2.45, 2.75) is 6.92 Å². The number of esters is 1. The Balaban J connectivity index is 1.70. The number of ether oxygens (including phenoxy) is 1. The molecule has 2 aliphatic heterocycles. The molecule has 2 aliphatic rings. The maximum atomic E-state index is 13.9. The molecule has 9 heteroatoms. The molecule has 5 rings (SSSR count). The summed E-state index contributed by atoms with van der Waals surface area (Å²) in [5, 5.41) is 7.01. The molecule has 0 unspecified atom stereocenters. The summed E-state index contributed by atoms with van der Waals surface area (Å²) in [6.45, 7) is 1.31. The van der Waals surface area contributed by atoms with E-state index in [4.69, 9.17) is 17.0 Å². The molecule has 0 N–H and O–H groups in total. The summed E-state index contributed by atoms with van der Waals surface area (Å²) in [5.41, 5.74) is 2.42. The van der Waals surface area contributed by atoms with Crippen LogP contribution in [0.25, 0.3) is 0 Å². The fourth-order valence-corrected chi connectivity index (χ4v) is 4.96. The number of thiocarbonyl (C=S) groups is 1. The zero-order valence-electron chi connectivity index (χ0n) is 18.0. The summed E-state index contributed by atoms with van der Waals surface area (Å²) < 4.78 is 5.29. The standard InChI is InChI=1S/C25H18N4O3S2/c1-17(30)32-24-26-29(20-15-9-4-10-16-20)23(34-24)21-22(31)28(19-13-7-3-8-14-19)25(33)27(21)18-11-5-2-6-12-18/h2-16H,1H3/b23-21+. The van der Waals surface area contributed by atoms with E-state index in [9.17, 15) is 9.59 Å². The van der Waals surface area contributed by atoms with E-state index in [0.29, 0.717) is 27.2 Å². The van der Waals surface area contributed by atoms with Crippen molar-refractivity contribution in [2.75, 3.05) is 14.8 Å². The van der Waals surface area contributed by atoms with Gasteiger partial charge in [0.2, 0.25) is 0 Å². The van der Waals surface area contributed by atoms with Gasteiger partial charge in [-0.1, -0.05) is 54.6 Å². The summed E-state index contributed by atoms with van der Waals surface area (Å²) in [4.78, 5) is 28.8. The Morgan fingerprint density at radius 2 is 1.32 bits per heavy atom. The number of thioether (sulfide) groups is 1. The quantitative estimate of drug-likeness (QED) is 0.291. The van der Waals surface area contributed by atoms with Crippen molar-refractivity contribution in [1.29, 1.82) is 0 Å². The van der Waals surface area contributed by atoms with E-state index in [1.54, 1.807) is 9.91 Å². The van der Waals surface area contributed by atoms with Crippen LogP contribution in [0.15, 0.2) is 107 Å². The molecule has 0 bridgehead atoms. The minimum atomic E-state index is -0.496. The van der Waals surface area contributed by atoms with Crippen LogP contribution < -0.4 is 14.8 Å². The number of nitrogens with zero attached hydrogens (tertiary/aromatic N) is 4. The van der Waals surface area contributed by atoms with Crippen molar-refractivity contribution in [1.82, 2.24) is 0 Å². The first-order chi connectivity index (χ1) is 16.5. The zero-order chi connectivity index (χ0) is 23.7. The lowest BCUT2D eigenvalue weighted by molar-refractivity contribution is -0.132. The largest absolute Gasteiger partial charge is 0.400 e. The van der Waals surface area contributed by atoms with E-state index in [1.807, 2.05) is 91.0 Å². The first-order valence-electron chi connectivity index (χ1n) is 10.4. The Labute approximate surface area is 205 Å². The fraction of sp³-hybridized carbons (Fsp3) is 0.0400. The summed E-state index contributed by atoms with van der Waals surface area (Å²) >= 11 is 6.92. The van der Waals surface area contributed by atoms with Crippen molar-refractivity contribution >= 4 is 63.3 Å². The van der Waals surface area contributed by atoms with Gasteiger partial charge in [-0.15, -0.1) is 5.10 Å². The number of hydrogen-bond acceptors (Lipinski definition) is 7. The first kappa shape index (κ1) is 21.9. The van der Waals surface area contributed by atoms with Crippen LogP contribution in [-0.4, -0.2) is 22.2 Å². The molecular formula is C25H18N4O3S2. The molecule has 0 aromatic heterocycles. The van der Waals surface area contributed by atoms with Crippen LogP contribution in [-0.2, 0) is 14.3 Å². The predicted molar refractivity (Wildman–Crippen MR) is 138 cm³/mol. The molecule has 3 aromatic carbocycles. The SMILES string of the molecule is CC(=O)OC1=NN(c2ccccc2)/C(=C2/C(=O)N(c3ccccc3)C(=S)N2c2ccccc2)S1. The van der Waals surface area contributed by atoms with E-state index in [0.717, 1.165) is 17.4 Å². The Morgan fingerprint density at radius 1 is 0.824 bits per heavy atom. The lowest BCUT2D eigenvalue weighted by Crippen LogP contribution is -2.32. The van der Waals surface area contributed by atoms with Crippen molar-refractivity contribution < 1.29 is 14.3 Å². The molecule has 0 saturated carbocycles. The third kappa shape index (κ3) is 3.95. The number of amides is 1. The molecule has 0 spiro atoms. The Morgan fingerprint density at radius 3 is 1.85 bits per heavy atom. The van der Waals surface area contributed by atoms with Crippen molar-refractivity contribution in [3.63, 3.8) is 0 Å². The van der Waals surface area contributed by atoms with Gasteiger partial charge in [-0.25, -0.2) is 5.01 Å². The lowest BCUT2D eigenvalue weighted by atomic mass is 10.2. The van der Waals surface area contributed by atoms with Crippen molar-refractivity contribution in [2.24, 2.45) is 5.10 Å². The van der Waals surface area contributed by atoms with Crippen LogP contribution >= 0.6 is 24.0 Å². The summed E-state index contributed by atoms with van der Waals surface area (Å²) in [7, 11) is 0. The molecule has 0 aliphatic carbocycles. The van der Waals surface area contributed by atoms with Gasteiger partial charge in [-0.2, -0.15) is 0 Å². The van der Waals surface area contributed by atoms with Gasteiger partial charge in [-0.3, -0.25) is 19.4 Å². The van der Waals surface area contributed by atoms with Gasteiger partial charge in [-0.05, 0) is 60.4 Å². The highest BCUT2D eigenvalue weighted by atomic mass is 32.2. The number of rotatable bonds is 3. The highest BCUT2D eigenvalue weighted by Crippen LogP contribution is 2.42. The number of hydrogen-bond donors (Lipinski definition) is 0. The van der Waals surface area contributed by atoms with Crippen LogP contribution in [0.5, 0.6) is 0 Å². The molecular weight excluding hydrogens is 468 g/mol. The van der Waals surface area contributed by atoms with Crippen LogP contribution in [0.2, 0.25) is 0 Å². The number of carbonyl (C=O) groups is 2. The van der Waals surface area contributed by atoms with Crippen LogP contribution in [0.3, 0.4) is 0 Å². The number of anilines is 3. The number of hydrazone groups is 1. The Kier molecular flexibility index (Phi) is 5.87. The molecule has 34 heavy (non-hydrogen) atoms. The zero-order valence-corrected chi connectivity index (χ0v) is 19.6. The molecule has 168 valence electrons. The second kappa shape index (κ2) is 9.12. The molecule has 2 heterocycles. The van der Waals surface area contributed by atoms with Gasteiger partial charge < -0.3 is 4.74 Å². The van der Waals surface area contributed by atoms with Crippen LogP contribution in [0, 0.1) is 0 Å². The summed E-state index contributed by atoms with van der Waals surface area (Å²) in [6, 6.07) is 28.0. The third-order valence-electron chi connectivity index (χ3n) is 5.03. The summed E-state index contributed by atoms with van der Waals surface area (Å²) in [6.07, 6.45) is 0. The number of benzene rings is 3. The average molecular weight is 487 g/mol. The van der Waals surface area contributed by atoms with Gasteiger partial charge >= 0.3 is 5.97 Å². The van der Waals surface area contributed by atoms with Gasteiger partial charge in [0.25, 0.3) is 11.1 Å². The smallest absolute Gasteiger partial charge is 0.309 e. The second-order valence-electron chi connectivity index (χ2n) is 7.29. The topological polar surface area (TPSA) is 65.5 Å². The molecule has 1 fully saturated rings. The lowest BCUT2D eigenvalue weighted by Gasteiger charge is -2.22. The minimum absolute atomic E-state index is 0.128. The maximum absolute atomic E-state index is 13.9. The van der Waals surface area contributed by atoms with Crippen molar-refractivity contribution in [3.05, 3.63) is 102 Å². The van der Waals surface area contributed by atoms with Crippen LogP contribution in [0.4, 0.5) is 17.1 Å². The average Bonchev–Trinajstić information content (AvgIpc) is 3.37. The molecule has 1 saturated heterocycles. The molecule has 3 aromatic rings. The van der Waals surface area contributed by atoms with Gasteiger partial charge in [0.05, 0.1) is 11.4 Å². The minimum Gasteiger partial charge on any atom is -0.400 e. The third-order valence-corrected chi connectivity index (χ3v) is 6.30.